The number of carbonyl (C=O) groups excluding carboxylic acids is 4. The van der Waals surface area contributed by atoms with Gasteiger partial charge in [-0.15, -0.1) is 0 Å². The first kappa shape index (κ1) is 34.6. The van der Waals surface area contributed by atoms with E-state index >= 15 is 0 Å². The maximum absolute atomic E-state index is 12.0. The molecule has 10 heteroatoms. The maximum Gasteiger partial charge on any atom is 0.411 e. The fourth-order valence-corrected chi connectivity index (χ4v) is 3.83. The molecule has 232 valence electrons. The molecule has 0 radical (unpaired) electrons. The number of allylic oxidation sites excluding steroid dienone is 1. The van der Waals surface area contributed by atoms with Crippen LogP contribution in [-0.2, 0) is 41.4 Å². The summed E-state index contributed by atoms with van der Waals surface area (Å²) >= 11 is 0. The van der Waals surface area contributed by atoms with Crippen LogP contribution in [0.15, 0.2) is 72.8 Å². The van der Waals surface area contributed by atoms with Crippen molar-refractivity contribution in [3.8, 4) is 0 Å². The number of nitrogens with one attached hydrogen (secondary N) is 2. The van der Waals surface area contributed by atoms with Crippen LogP contribution in [0.2, 0.25) is 0 Å². The van der Waals surface area contributed by atoms with Crippen LogP contribution in [0.5, 0.6) is 0 Å². The van der Waals surface area contributed by atoms with Crippen LogP contribution in [0.3, 0.4) is 0 Å². The van der Waals surface area contributed by atoms with Crippen LogP contribution in [0, 0.1) is 11.8 Å². The van der Waals surface area contributed by atoms with E-state index in [1.54, 1.807) is 18.2 Å². The molecule has 2 aromatic rings. The number of anilines is 2. The van der Waals surface area contributed by atoms with Gasteiger partial charge in [-0.2, -0.15) is 0 Å². The summed E-state index contributed by atoms with van der Waals surface area (Å²) in [5.41, 5.74) is 3.75. The Kier molecular flexibility index (Phi) is 15.1. The van der Waals surface area contributed by atoms with E-state index in [2.05, 4.69) is 38.0 Å². The van der Waals surface area contributed by atoms with Crippen LogP contribution in [0.4, 0.5) is 21.0 Å². The van der Waals surface area contributed by atoms with Crippen molar-refractivity contribution in [2.45, 2.75) is 47.0 Å². The highest BCUT2D eigenvalue weighted by atomic mass is 16.6. The van der Waals surface area contributed by atoms with Crippen molar-refractivity contribution in [2.75, 3.05) is 37.1 Å². The Balaban J connectivity index is 1.58. The number of ether oxygens (including phenoxy) is 4. The van der Waals surface area contributed by atoms with Crippen molar-refractivity contribution in [3.63, 3.8) is 0 Å². The molecule has 10 nitrogen and oxygen atoms in total. The summed E-state index contributed by atoms with van der Waals surface area (Å²) in [6.45, 7) is 11.1. The van der Waals surface area contributed by atoms with E-state index in [4.69, 9.17) is 18.9 Å². The molecule has 2 amide bonds. The number of esters is 2. The number of benzene rings is 2. The molecule has 0 aliphatic carbocycles. The Morgan fingerprint density at radius 1 is 0.721 bits per heavy atom. The van der Waals surface area contributed by atoms with Gasteiger partial charge in [0.2, 0.25) is 0 Å². The largest absolute Gasteiger partial charge is 0.459 e. The first-order chi connectivity index (χ1) is 20.5. The first-order valence-electron chi connectivity index (χ1n) is 14.2. The second kappa shape index (κ2) is 18.8. The average Bonchev–Trinajstić information content (AvgIpc) is 2.95. The fourth-order valence-electron chi connectivity index (χ4n) is 3.83. The molecule has 0 saturated heterocycles. The van der Waals surface area contributed by atoms with Crippen LogP contribution in [0.1, 0.15) is 45.2 Å². The van der Waals surface area contributed by atoms with Gasteiger partial charge in [0, 0.05) is 23.0 Å². The van der Waals surface area contributed by atoms with Gasteiger partial charge < -0.3 is 18.9 Å². The third-order valence-corrected chi connectivity index (χ3v) is 5.88. The minimum atomic E-state index is -0.651. The molecule has 0 fully saturated rings. The number of carbonyl (C=O) groups is 4. The van der Waals surface area contributed by atoms with E-state index in [1.165, 1.54) is 18.6 Å². The SMILES string of the molecule is C=C(C)C(=O)OCCOC(=O)Nc1ccc(CC(C)C/C=C/C(=O)OCCOC(=O)Nc2ccc(CC(C)C)cc2)cc1. The van der Waals surface area contributed by atoms with Crippen molar-refractivity contribution < 1.29 is 38.1 Å². The molecule has 0 bridgehead atoms. The van der Waals surface area contributed by atoms with Crippen LogP contribution >= 0.6 is 0 Å². The van der Waals surface area contributed by atoms with Gasteiger partial charge in [-0.1, -0.05) is 57.7 Å². The molecule has 43 heavy (non-hydrogen) atoms. The quantitative estimate of drug-likeness (QED) is 0.0979. The van der Waals surface area contributed by atoms with E-state index < -0.39 is 24.1 Å². The molecule has 0 aliphatic heterocycles. The summed E-state index contributed by atoms with van der Waals surface area (Å²) < 4.78 is 20.0. The highest BCUT2D eigenvalue weighted by Gasteiger charge is 2.08. The zero-order valence-electron chi connectivity index (χ0n) is 25.4. The summed E-state index contributed by atoms with van der Waals surface area (Å²) in [6, 6.07) is 14.9. The number of rotatable bonds is 16. The Bertz CT molecular complexity index is 1240. The molecule has 0 saturated carbocycles. The lowest BCUT2D eigenvalue weighted by molar-refractivity contribution is -0.140. The molecule has 0 spiro atoms. The third kappa shape index (κ3) is 15.3. The van der Waals surface area contributed by atoms with Crippen molar-refractivity contribution in [1.29, 1.82) is 0 Å². The zero-order chi connectivity index (χ0) is 31.6. The van der Waals surface area contributed by atoms with Gasteiger partial charge in [-0.25, -0.2) is 19.2 Å². The summed E-state index contributed by atoms with van der Waals surface area (Å²) in [7, 11) is 0. The molecule has 0 heterocycles. The van der Waals surface area contributed by atoms with Crippen LogP contribution < -0.4 is 10.6 Å². The molecule has 1 atom stereocenters. The molecule has 2 aromatic carbocycles. The third-order valence-electron chi connectivity index (χ3n) is 5.88. The maximum atomic E-state index is 12.0. The van der Waals surface area contributed by atoms with Gasteiger partial charge in [0.15, 0.2) is 0 Å². The van der Waals surface area contributed by atoms with Gasteiger partial charge in [0.25, 0.3) is 0 Å². The lowest BCUT2D eigenvalue weighted by Gasteiger charge is -2.11. The van der Waals surface area contributed by atoms with Crippen molar-refractivity contribution in [3.05, 3.63) is 84.0 Å². The second-order valence-corrected chi connectivity index (χ2v) is 10.5. The molecule has 2 rings (SSSR count). The normalized spacial score (nSPS) is 11.5. The summed E-state index contributed by atoms with van der Waals surface area (Å²) in [5.74, 6) is -0.235. The van der Waals surface area contributed by atoms with Crippen molar-refractivity contribution >= 4 is 35.5 Å². The van der Waals surface area contributed by atoms with Gasteiger partial charge in [-0.3, -0.25) is 10.6 Å². The summed E-state index contributed by atoms with van der Waals surface area (Å²) in [6.07, 6.45) is 4.25. The topological polar surface area (TPSA) is 129 Å². The highest BCUT2D eigenvalue weighted by molar-refractivity contribution is 5.87. The summed E-state index contributed by atoms with van der Waals surface area (Å²) in [4.78, 5) is 47.1. The summed E-state index contributed by atoms with van der Waals surface area (Å²) in [5, 5.41) is 5.26. The standard InChI is InChI=1S/C33H42N2O8/c1-23(2)21-26-9-13-28(14-10-26)34-32(38)42-19-17-40-30(36)8-6-7-25(5)22-27-11-15-29(16-12-27)35-33(39)43-20-18-41-31(37)24(3)4/h6,8-16,23,25H,3,7,17-22H2,1-2,4-5H3,(H,34,38)(H,35,39)/b8-6+. The van der Waals surface area contributed by atoms with Crippen LogP contribution in [0.25, 0.3) is 0 Å². The van der Waals surface area contributed by atoms with Gasteiger partial charge in [0.1, 0.15) is 26.4 Å². The molecular formula is C33H42N2O8. The van der Waals surface area contributed by atoms with E-state index in [-0.39, 0.29) is 37.9 Å². The Morgan fingerprint density at radius 2 is 1.19 bits per heavy atom. The minimum absolute atomic E-state index is 0.0458. The average molecular weight is 595 g/mol. The Labute approximate surface area is 253 Å². The van der Waals surface area contributed by atoms with E-state index in [1.807, 2.05) is 36.4 Å². The van der Waals surface area contributed by atoms with Crippen molar-refractivity contribution in [1.82, 2.24) is 0 Å². The van der Waals surface area contributed by atoms with E-state index in [0.717, 1.165) is 18.4 Å². The zero-order valence-corrected chi connectivity index (χ0v) is 25.4. The minimum Gasteiger partial charge on any atom is -0.459 e. The van der Waals surface area contributed by atoms with Gasteiger partial charge in [-0.05, 0) is 73.4 Å². The van der Waals surface area contributed by atoms with Gasteiger partial charge >= 0.3 is 24.1 Å². The number of hydrogen-bond acceptors (Lipinski definition) is 8. The van der Waals surface area contributed by atoms with E-state index in [0.29, 0.717) is 23.7 Å². The Hall–Kier alpha value is -4.60. The lowest BCUT2D eigenvalue weighted by atomic mass is 9.98. The Morgan fingerprint density at radius 3 is 1.67 bits per heavy atom. The molecule has 0 aliphatic rings. The number of hydrogen-bond donors (Lipinski definition) is 2. The lowest BCUT2D eigenvalue weighted by Crippen LogP contribution is -2.18. The molecule has 2 N–H and O–H groups in total. The van der Waals surface area contributed by atoms with E-state index in [9.17, 15) is 19.2 Å². The monoisotopic (exact) mass is 594 g/mol. The fraction of sp³-hybridized carbons (Fsp3) is 0.394. The molecule has 0 aromatic heterocycles. The van der Waals surface area contributed by atoms with Crippen LogP contribution in [-0.4, -0.2) is 50.6 Å². The molecule has 1 unspecified atom stereocenters. The molecular weight excluding hydrogens is 552 g/mol. The van der Waals surface area contributed by atoms with Crippen molar-refractivity contribution in [2.24, 2.45) is 11.8 Å². The predicted octanol–water partition coefficient (Wildman–Crippen LogP) is 6.47. The first-order valence-corrected chi connectivity index (χ1v) is 14.2. The number of amides is 2. The predicted molar refractivity (Wildman–Crippen MR) is 165 cm³/mol. The smallest absolute Gasteiger partial charge is 0.411 e. The van der Waals surface area contributed by atoms with Gasteiger partial charge in [0.05, 0.1) is 0 Å². The second-order valence-electron chi connectivity index (χ2n) is 10.5. The highest BCUT2D eigenvalue weighted by Crippen LogP contribution is 2.16.